The smallest absolute Gasteiger partial charge is 0.269 e. The number of aryl methyl sites for hydroxylation is 3. The first-order valence-corrected chi connectivity index (χ1v) is 9.12. The molecule has 0 bridgehead atoms. The number of nitro groups is 1. The predicted octanol–water partition coefficient (Wildman–Crippen LogP) is 3.09. The number of non-ortho nitro benzene ring substituents is 1. The highest BCUT2D eigenvalue weighted by atomic mass is 16.6. The first kappa shape index (κ1) is 20.2. The Morgan fingerprint density at radius 3 is 2.76 bits per heavy atom. The lowest BCUT2D eigenvalue weighted by Gasteiger charge is -2.25. The molecule has 9 nitrogen and oxygen atoms in total. The van der Waals surface area contributed by atoms with Crippen LogP contribution in [0.1, 0.15) is 29.8 Å². The number of hydrogen-bond acceptors (Lipinski definition) is 6. The van der Waals surface area contributed by atoms with E-state index in [1.54, 1.807) is 30.9 Å². The van der Waals surface area contributed by atoms with Gasteiger partial charge in [-0.25, -0.2) is 9.67 Å². The lowest BCUT2D eigenvalue weighted by Crippen LogP contribution is -2.33. The van der Waals surface area contributed by atoms with Crippen LogP contribution in [0.3, 0.4) is 0 Å². The van der Waals surface area contributed by atoms with Crippen LogP contribution in [0.15, 0.2) is 30.3 Å². The number of nitro benzene ring substituents is 1. The molecule has 2 heterocycles. The molecule has 0 N–H and O–H groups in total. The molecular formula is C20H23N5O4. The molecule has 1 amide bonds. The topological polar surface area (TPSA) is 103 Å². The summed E-state index contributed by atoms with van der Waals surface area (Å²) < 4.78 is 7.35. The molecule has 1 atom stereocenters. The number of hydrogen-bond donors (Lipinski definition) is 0. The molecule has 0 aliphatic rings. The molecule has 0 aliphatic heterocycles. The average molecular weight is 397 g/mol. The van der Waals surface area contributed by atoms with Gasteiger partial charge in [0.1, 0.15) is 0 Å². The van der Waals surface area contributed by atoms with Gasteiger partial charge >= 0.3 is 0 Å². The maximum atomic E-state index is 12.6. The molecule has 0 fully saturated rings. The quantitative estimate of drug-likeness (QED) is 0.468. The highest BCUT2D eigenvalue weighted by Gasteiger charge is 2.21. The van der Waals surface area contributed by atoms with Gasteiger partial charge in [-0.1, -0.05) is 12.1 Å². The molecule has 2 aromatic heterocycles. The van der Waals surface area contributed by atoms with Gasteiger partial charge in [0.25, 0.3) is 11.6 Å². The summed E-state index contributed by atoms with van der Waals surface area (Å²) >= 11 is 0. The molecule has 0 aliphatic carbocycles. The molecule has 3 aromatic rings. The number of ether oxygens (including phenoxy) is 1. The van der Waals surface area contributed by atoms with Crippen molar-refractivity contribution < 1.29 is 14.5 Å². The van der Waals surface area contributed by atoms with Crippen LogP contribution in [0.4, 0.5) is 5.69 Å². The average Bonchev–Trinajstić information content (AvgIpc) is 3.00. The summed E-state index contributed by atoms with van der Waals surface area (Å²) in [5.41, 5.74) is 3.22. The van der Waals surface area contributed by atoms with E-state index in [4.69, 9.17) is 4.74 Å². The molecule has 0 saturated heterocycles. The van der Waals surface area contributed by atoms with E-state index in [1.807, 2.05) is 26.8 Å². The summed E-state index contributed by atoms with van der Waals surface area (Å²) in [6.07, 6.45) is 0. The van der Waals surface area contributed by atoms with Crippen LogP contribution in [-0.4, -0.2) is 44.1 Å². The van der Waals surface area contributed by atoms with Gasteiger partial charge in [-0.05, 0) is 38.0 Å². The summed E-state index contributed by atoms with van der Waals surface area (Å²) in [7, 11) is 3.42. The zero-order valence-corrected chi connectivity index (χ0v) is 17.0. The number of benzene rings is 1. The third-order valence-electron chi connectivity index (χ3n) is 4.96. The Morgan fingerprint density at radius 2 is 2.07 bits per heavy atom. The predicted molar refractivity (Wildman–Crippen MR) is 108 cm³/mol. The fourth-order valence-corrected chi connectivity index (χ4v) is 3.22. The number of amides is 1. The molecule has 9 heteroatoms. The van der Waals surface area contributed by atoms with E-state index < -0.39 is 4.92 Å². The van der Waals surface area contributed by atoms with Gasteiger partial charge in [-0.15, -0.1) is 5.10 Å². The number of nitrogens with zero attached hydrogens (tertiary/aromatic N) is 5. The maximum absolute atomic E-state index is 12.6. The Kier molecular flexibility index (Phi) is 5.49. The summed E-state index contributed by atoms with van der Waals surface area (Å²) in [5, 5.41) is 16.1. The summed E-state index contributed by atoms with van der Waals surface area (Å²) in [6.45, 7) is 5.47. The Morgan fingerprint density at radius 1 is 1.34 bits per heavy atom. The number of aromatic nitrogens is 3. The highest BCUT2D eigenvalue weighted by Crippen LogP contribution is 2.27. The lowest BCUT2D eigenvalue weighted by atomic mass is 10.1. The number of fused-ring (bicyclic) bond motifs is 1. The largest absolute Gasteiger partial charge is 0.466 e. The summed E-state index contributed by atoms with van der Waals surface area (Å²) in [4.78, 5) is 29.2. The van der Waals surface area contributed by atoms with Crippen LogP contribution in [0.2, 0.25) is 0 Å². The van der Waals surface area contributed by atoms with E-state index in [9.17, 15) is 14.9 Å². The first-order chi connectivity index (χ1) is 13.7. The fourth-order valence-electron chi connectivity index (χ4n) is 3.22. The normalized spacial score (nSPS) is 12.0. The van der Waals surface area contributed by atoms with Gasteiger partial charge in [0.15, 0.2) is 12.3 Å². The second kappa shape index (κ2) is 7.86. The van der Waals surface area contributed by atoms with E-state index in [0.29, 0.717) is 17.1 Å². The van der Waals surface area contributed by atoms with Gasteiger partial charge < -0.3 is 9.64 Å². The molecular weight excluding hydrogens is 374 g/mol. The van der Waals surface area contributed by atoms with E-state index in [1.165, 1.54) is 17.0 Å². The summed E-state index contributed by atoms with van der Waals surface area (Å²) in [6, 6.07) is 7.85. The van der Waals surface area contributed by atoms with Crippen LogP contribution in [0, 0.1) is 24.0 Å². The van der Waals surface area contributed by atoms with E-state index in [2.05, 4.69) is 10.1 Å². The van der Waals surface area contributed by atoms with Gasteiger partial charge in [0.05, 0.1) is 16.4 Å². The number of carbonyl (C=O) groups is 1. The SMILES string of the molecule is Cc1cc(C)c2c(OCC(=O)N(C)C(C)c3cccc([N+](=O)[O-])c3)nn(C)c2n1. The second-order valence-electron chi connectivity index (χ2n) is 7.03. The molecule has 0 radical (unpaired) electrons. The lowest BCUT2D eigenvalue weighted by molar-refractivity contribution is -0.384. The molecule has 1 aromatic carbocycles. The Balaban J connectivity index is 1.75. The zero-order valence-electron chi connectivity index (χ0n) is 17.0. The van der Waals surface area contributed by atoms with E-state index >= 15 is 0 Å². The fraction of sp³-hybridized carbons (Fsp3) is 0.350. The monoisotopic (exact) mass is 397 g/mol. The molecule has 0 spiro atoms. The van der Waals surface area contributed by atoms with Crippen molar-refractivity contribution in [3.8, 4) is 5.88 Å². The number of pyridine rings is 1. The zero-order chi connectivity index (χ0) is 21.3. The van der Waals surface area contributed by atoms with Crippen molar-refractivity contribution in [3.05, 3.63) is 57.3 Å². The molecule has 29 heavy (non-hydrogen) atoms. The summed E-state index contributed by atoms with van der Waals surface area (Å²) in [5.74, 6) is 0.0952. The van der Waals surface area contributed by atoms with Gasteiger partial charge in [-0.3, -0.25) is 14.9 Å². The molecule has 1 unspecified atom stereocenters. The third kappa shape index (κ3) is 4.03. The van der Waals surface area contributed by atoms with Crippen LogP contribution in [-0.2, 0) is 11.8 Å². The van der Waals surface area contributed by atoms with Crippen LogP contribution in [0.5, 0.6) is 5.88 Å². The van der Waals surface area contributed by atoms with Crippen molar-refractivity contribution in [2.24, 2.45) is 7.05 Å². The van der Waals surface area contributed by atoms with Crippen molar-refractivity contribution in [1.29, 1.82) is 0 Å². The highest BCUT2D eigenvalue weighted by molar-refractivity contribution is 5.85. The van der Waals surface area contributed by atoms with Crippen molar-refractivity contribution in [2.45, 2.75) is 26.8 Å². The molecule has 152 valence electrons. The van der Waals surface area contributed by atoms with Crippen molar-refractivity contribution in [1.82, 2.24) is 19.7 Å². The van der Waals surface area contributed by atoms with Crippen molar-refractivity contribution >= 4 is 22.6 Å². The Hall–Kier alpha value is -3.49. The standard InChI is InChI=1S/C20H23N5O4/c1-12-9-13(2)21-19-18(12)20(22-24(19)5)29-11-17(26)23(4)14(3)15-7-6-8-16(10-15)25(27)28/h6-10,14H,11H2,1-5H3. The van der Waals surface area contributed by atoms with Gasteiger partial charge in [0.2, 0.25) is 5.88 Å². The minimum absolute atomic E-state index is 0.00956. The first-order valence-electron chi connectivity index (χ1n) is 9.12. The van der Waals surface area contributed by atoms with Crippen LogP contribution >= 0.6 is 0 Å². The Bertz CT molecular complexity index is 1090. The molecule has 3 rings (SSSR count). The van der Waals surface area contributed by atoms with Crippen molar-refractivity contribution in [2.75, 3.05) is 13.7 Å². The van der Waals surface area contributed by atoms with Crippen LogP contribution < -0.4 is 4.74 Å². The number of likely N-dealkylation sites (N-methyl/N-ethyl adjacent to an activating group) is 1. The molecule has 0 saturated carbocycles. The van der Waals surface area contributed by atoms with Crippen molar-refractivity contribution in [3.63, 3.8) is 0 Å². The van der Waals surface area contributed by atoms with E-state index in [-0.39, 0.29) is 24.2 Å². The minimum atomic E-state index is -0.453. The van der Waals surface area contributed by atoms with Gasteiger partial charge in [-0.2, -0.15) is 0 Å². The minimum Gasteiger partial charge on any atom is -0.466 e. The Labute approximate surface area is 168 Å². The number of rotatable bonds is 6. The van der Waals surface area contributed by atoms with E-state index in [0.717, 1.165) is 16.6 Å². The second-order valence-corrected chi connectivity index (χ2v) is 7.03. The van der Waals surface area contributed by atoms with Gasteiger partial charge in [0, 0.05) is 31.9 Å². The maximum Gasteiger partial charge on any atom is 0.269 e. The third-order valence-corrected chi connectivity index (χ3v) is 4.96. The van der Waals surface area contributed by atoms with Crippen LogP contribution in [0.25, 0.3) is 11.0 Å². The number of carbonyl (C=O) groups excluding carboxylic acids is 1.